The van der Waals surface area contributed by atoms with Gasteiger partial charge in [0.1, 0.15) is 11.5 Å². The second kappa shape index (κ2) is 22.3. The van der Waals surface area contributed by atoms with E-state index in [1.54, 1.807) is 61.6 Å². The van der Waals surface area contributed by atoms with Gasteiger partial charge in [-0.25, -0.2) is 9.59 Å². The highest BCUT2D eigenvalue weighted by Crippen LogP contribution is 2.28. The van der Waals surface area contributed by atoms with Gasteiger partial charge >= 0.3 is 11.9 Å². The van der Waals surface area contributed by atoms with E-state index in [-0.39, 0.29) is 17.4 Å². The zero-order valence-electron chi connectivity index (χ0n) is 24.7. The summed E-state index contributed by atoms with van der Waals surface area (Å²) in [5, 5.41) is 0. The van der Waals surface area contributed by atoms with Gasteiger partial charge in [0.25, 0.3) is 0 Å². The van der Waals surface area contributed by atoms with Gasteiger partial charge in [0.05, 0.1) is 16.7 Å². The number of carbonyl (C=O) groups is 2. The third-order valence-corrected chi connectivity index (χ3v) is 4.68. The maximum absolute atomic E-state index is 12.9. The standard InChI is InChI=1S/C28H28O4.3C2H6/c1-6-21(7-2)26(24(8-3)31-27(29)22-15-11-10-12-16-22)25(9-4)32-28(30)23-17-13-14-20(5)18-19-23;3*1-2/h6-20H,1,4H2,2-3,5H3;3*1-2H3/b21-7-,24-8+,26-25-;;;. The minimum absolute atomic E-state index is 0.160. The molecule has 0 amide bonds. The van der Waals surface area contributed by atoms with Gasteiger partial charge in [-0.15, -0.1) is 0 Å². The van der Waals surface area contributed by atoms with E-state index in [4.69, 9.17) is 9.47 Å². The van der Waals surface area contributed by atoms with E-state index in [1.165, 1.54) is 6.08 Å². The monoisotopic (exact) mass is 518 g/mol. The van der Waals surface area contributed by atoms with Gasteiger partial charge in [0.15, 0.2) is 0 Å². The van der Waals surface area contributed by atoms with Crippen molar-refractivity contribution in [2.45, 2.75) is 62.3 Å². The van der Waals surface area contributed by atoms with Crippen LogP contribution in [0.25, 0.3) is 0 Å². The molecule has 0 N–H and O–H groups in total. The minimum atomic E-state index is -0.545. The molecule has 4 heteroatoms. The van der Waals surface area contributed by atoms with E-state index in [2.05, 4.69) is 13.2 Å². The van der Waals surface area contributed by atoms with Crippen LogP contribution < -0.4 is 0 Å². The van der Waals surface area contributed by atoms with Crippen LogP contribution in [-0.4, -0.2) is 11.9 Å². The third kappa shape index (κ3) is 11.9. The van der Waals surface area contributed by atoms with Gasteiger partial charge in [0, 0.05) is 0 Å². The van der Waals surface area contributed by atoms with Crippen LogP contribution in [0.3, 0.4) is 0 Å². The van der Waals surface area contributed by atoms with Crippen LogP contribution in [0.4, 0.5) is 0 Å². The van der Waals surface area contributed by atoms with Crippen LogP contribution in [0, 0.1) is 5.92 Å². The van der Waals surface area contributed by atoms with Gasteiger partial charge in [-0.1, -0.05) is 116 Å². The van der Waals surface area contributed by atoms with Crippen molar-refractivity contribution in [2.75, 3.05) is 0 Å². The highest BCUT2D eigenvalue weighted by molar-refractivity contribution is 5.93. The molecule has 0 fully saturated rings. The molecule has 0 radical (unpaired) electrons. The second-order valence-corrected chi connectivity index (χ2v) is 6.91. The molecule has 0 spiro atoms. The summed E-state index contributed by atoms with van der Waals surface area (Å²) in [6, 6.07) is 8.65. The number of hydrogen-bond donors (Lipinski definition) is 0. The van der Waals surface area contributed by atoms with Crippen LogP contribution in [0.5, 0.6) is 0 Å². The van der Waals surface area contributed by atoms with Crippen LogP contribution in [-0.2, 0) is 14.3 Å². The van der Waals surface area contributed by atoms with E-state index < -0.39 is 11.9 Å². The molecule has 0 heterocycles. The first-order valence-corrected chi connectivity index (χ1v) is 13.3. The fraction of sp³-hybridized carbons (Fsp3) is 0.294. The molecule has 0 saturated carbocycles. The smallest absolute Gasteiger partial charge is 0.343 e. The Kier molecular flexibility index (Phi) is 21.3. The summed E-state index contributed by atoms with van der Waals surface area (Å²) in [7, 11) is 0. The Labute approximate surface area is 231 Å². The highest BCUT2D eigenvalue weighted by atomic mass is 16.5. The first-order chi connectivity index (χ1) is 18.4. The van der Waals surface area contributed by atoms with Gasteiger partial charge in [-0.2, -0.15) is 0 Å². The molecule has 2 rings (SSSR count). The van der Waals surface area contributed by atoms with Gasteiger partial charge in [0.2, 0.25) is 0 Å². The molecule has 0 saturated heterocycles. The van der Waals surface area contributed by atoms with E-state index in [0.717, 1.165) is 0 Å². The quantitative estimate of drug-likeness (QED) is 0.195. The van der Waals surface area contributed by atoms with E-state index in [1.807, 2.05) is 79.7 Å². The molecular formula is C34H46O4. The van der Waals surface area contributed by atoms with E-state index >= 15 is 0 Å². The zero-order chi connectivity index (χ0) is 29.5. The summed E-state index contributed by atoms with van der Waals surface area (Å²) in [4.78, 5) is 25.5. The summed E-state index contributed by atoms with van der Waals surface area (Å²) in [6.07, 6.45) is 15.6. The predicted octanol–water partition coefficient (Wildman–Crippen LogP) is 9.63. The van der Waals surface area contributed by atoms with Crippen molar-refractivity contribution in [2.24, 2.45) is 5.92 Å². The number of benzene rings is 1. The second-order valence-electron chi connectivity index (χ2n) is 6.91. The average molecular weight is 519 g/mol. The molecular weight excluding hydrogens is 472 g/mol. The Bertz CT molecular complexity index is 1060. The van der Waals surface area contributed by atoms with Gasteiger partial charge < -0.3 is 9.47 Å². The lowest BCUT2D eigenvalue weighted by Gasteiger charge is -2.17. The number of rotatable bonds is 8. The topological polar surface area (TPSA) is 52.6 Å². The van der Waals surface area contributed by atoms with Crippen molar-refractivity contribution in [3.63, 3.8) is 0 Å². The molecule has 0 aromatic heterocycles. The Morgan fingerprint density at radius 3 is 1.92 bits per heavy atom. The van der Waals surface area contributed by atoms with Crippen molar-refractivity contribution < 1.29 is 19.1 Å². The Morgan fingerprint density at radius 1 is 0.816 bits per heavy atom. The minimum Gasteiger partial charge on any atom is -0.422 e. The van der Waals surface area contributed by atoms with Crippen molar-refractivity contribution in [3.05, 3.63) is 132 Å². The average Bonchev–Trinajstić information content (AvgIpc) is 3.21. The summed E-state index contributed by atoms with van der Waals surface area (Å²) >= 11 is 0. The third-order valence-electron chi connectivity index (χ3n) is 4.68. The van der Waals surface area contributed by atoms with Gasteiger partial charge in [-0.05, 0) is 55.7 Å². The highest BCUT2D eigenvalue weighted by Gasteiger charge is 2.21. The zero-order valence-corrected chi connectivity index (χ0v) is 24.7. The van der Waals surface area contributed by atoms with Crippen molar-refractivity contribution in [1.82, 2.24) is 0 Å². The molecule has 1 aliphatic rings. The fourth-order valence-electron chi connectivity index (χ4n) is 2.96. The Morgan fingerprint density at radius 2 is 1.42 bits per heavy atom. The molecule has 0 aliphatic heterocycles. The molecule has 0 bridgehead atoms. The number of ether oxygens (including phenoxy) is 2. The number of carbonyl (C=O) groups excluding carboxylic acids is 2. The number of hydrogen-bond acceptors (Lipinski definition) is 4. The van der Waals surface area contributed by atoms with Crippen LogP contribution in [0.2, 0.25) is 0 Å². The molecule has 4 nitrogen and oxygen atoms in total. The van der Waals surface area contributed by atoms with Crippen LogP contribution in [0.1, 0.15) is 72.7 Å². The van der Waals surface area contributed by atoms with Crippen LogP contribution in [0.15, 0.2) is 126 Å². The fourth-order valence-corrected chi connectivity index (χ4v) is 2.96. The van der Waals surface area contributed by atoms with Crippen molar-refractivity contribution >= 4 is 11.9 Å². The lowest BCUT2D eigenvalue weighted by Crippen LogP contribution is -2.12. The Balaban J connectivity index is 0. The SMILES string of the molecule is C=CC(=C/C)/C(=C(\C=C)OC(=O)C1=CC=CC(C)C=C1)C(=C\C)/OC(=O)c1ccccc1.CC.CC.CC. The normalized spacial score (nSPS) is 14.8. The van der Waals surface area contributed by atoms with Gasteiger partial charge in [-0.3, -0.25) is 0 Å². The first-order valence-electron chi connectivity index (χ1n) is 13.3. The van der Waals surface area contributed by atoms with Crippen molar-refractivity contribution in [3.8, 4) is 0 Å². The number of allylic oxidation sites excluding steroid dienone is 9. The predicted molar refractivity (Wildman–Crippen MR) is 162 cm³/mol. The summed E-state index contributed by atoms with van der Waals surface area (Å²) < 4.78 is 11.4. The lowest BCUT2D eigenvalue weighted by atomic mass is 10.0. The maximum atomic E-state index is 12.9. The molecule has 206 valence electrons. The molecule has 1 atom stereocenters. The first kappa shape index (κ1) is 36.2. The summed E-state index contributed by atoms with van der Waals surface area (Å²) in [6.45, 7) is 25.2. The molecule has 1 aromatic rings. The number of esters is 2. The summed E-state index contributed by atoms with van der Waals surface area (Å²) in [5.41, 5.74) is 1.83. The maximum Gasteiger partial charge on any atom is 0.343 e. The molecule has 1 aliphatic carbocycles. The lowest BCUT2D eigenvalue weighted by molar-refractivity contribution is -0.134. The Hall–Kier alpha value is -3.92. The van der Waals surface area contributed by atoms with E-state index in [0.29, 0.717) is 22.3 Å². The van der Waals surface area contributed by atoms with Crippen LogP contribution >= 0.6 is 0 Å². The largest absolute Gasteiger partial charge is 0.422 e. The van der Waals surface area contributed by atoms with Crippen molar-refractivity contribution in [1.29, 1.82) is 0 Å². The molecule has 38 heavy (non-hydrogen) atoms. The summed E-state index contributed by atoms with van der Waals surface area (Å²) in [5.74, 6) is -0.472. The molecule has 1 unspecified atom stereocenters. The van der Waals surface area contributed by atoms with E-state index in [9.17, 15) is 9.59 Å². The molecule has 1 aromatic carbocycles.